The molecular weight excluding hydrogens is 817 g/mol. The molecule has 0 saturated heterocycles. The van der Waals surface area contributed by atoms with Gasteiger partial charge in [0, 0.05) is 19.3 Å². The second-order valence-electron chi connectivity index (χ2n) is 21.4. The minimum atomic E-state index is -0.762. The smallest absolute Gasteiger partial charge is 0.306 e. The van der Waals surface area contributed by atoms with Gasteiger partial charge in [-0.25, -0.2) is 0 Å². The molecule has 0 aromatic carbocycles. The second-order valence-corrected chi connectivity index (χ2v) is 21.4. The van der Waals surface area contributed by atoms with Crippen LogP contribution in [0, 0.1) is 11.8 Å². The predicted molar refractivity (Wildman–Crippen MR) is 284 cm³/mol. The normalized spacial score (nSPS) is 12.5. The van der Waals surface area contributed by atoms with Gasteiger partial charge in [-0.1, -0.05) is 298 Å². The predicted octanol–water partition coefficient (Wildman–Crippen LogP) is 19.7. The molecule has 392 valence electrons. The van der Waals surface area contributed by atoms with E-state index in [2.05, 4.69) is 34.6 Å². The molecule has 0 aliphatic heterocycles. The van der Waals surface area contributed by atoms with E-state index in [4.69, 9.17) is 14.2 Å². The first-order valence-electron chi connectivity index (χ1n) is 29.8. The van der Waals surface area contributed by atoms with Crippen molar-refractivity contribution in [3.05, 3.63) is 0 Å². The van der Waals surface area contributed by atoms with Crippen molar-refractivity contribution in [1.29, 1.82) is 0 Å². The second kappa shape index (κ2) is 52.8. The van der Waals surface area contributed by atoms with Gasteiger partial charge < -0.3 is 14.2 Å². The third-order valence-electron chi connectivity index (χ3n) is 14.1. The average Bonchev–Trinajstić information content (AvgIpc) is 3.30. The zero-order valence-corrected chi connectivity index (χ0v) is 45.3. The van der Waals surface area contributed by atoms with Gasteiger partial charge in [0.15, 0.2) is 6.10 Å². The summed E-state index contributed by atoms with van der Waals surface area (Å²) in [6.45, 7) is 11.5. The van der Waals surface area contributed by atoms with Gasteiger partial charge in [-0.3, -0.25) is 14.4 Å². The highest BCUT2D eigenvalue weighted by Crippen LogP contribution is 2.19. The van der Waals surface area contributed by atoms with Gasteiger partial charge in [-0.15, -0.1) is 0 Å². The van der Waals surface area contributed by atoms with E-state index in [0.29, 0.717) is 19.3 Å². The summed E-state index contributed by atoms with van der Waals surface area (Å²) in [5, 5.41) is 0. The van der Waals surface area contributed by atoms with Gasteiger partial charge in [0.1, 0.15) is 13.2 Å². The quantitative estimate of drug-likeness (QED) is 0.0343. The van der Waals surface area contributed by atoms with Crippen LogP contribution >= 0.6 is 0 Å². The van der Waals surface area contributed by atoms with E-state index in [9.17, 15) is 14.4 Å². The molecule has 0 amide bonds. The fraction of sp³-hybridized carbons (Fsp3) is 0.950. The van der Waals surface area contributed by atoms with Gasteiger partial charge in [0.2, 0.25) is 0 Å². The van der Waals surface area contributed by atoms with Crippen molar-refractivity contribution < 1.29 is 28.6 Å². The Morgan fingerprint density at radius 2 is 0.576 bits per heavy atom. The standard InChI is InChI=1S/C60H116O6/c1-6-8-9-10-11-12-13-25-30-35-40-45-50-58(61)64-53-57(66-60(63)52-47-42-37-32-27-22-23-28-33-38-43-48-55(3)4)54-65-59(62)51-46-41-36-31-26-21-19-17-15-14-16-18-20-24-29-34-39-44-49-56(5)7-2/h55-57H,6-54H2,1-5H3/t56?,57-/m0/s1. The largest absolute Gasteiger partial charge is 0.462 e. The molecule has 0 bridgehead atoms. The Hall–Kier alpha value is -1.59. The van der Waals surface area contributed by atoms with Crippen molar-refractivity contribution in [2.24, 2.45) is 11.8 Å². The van der Waals surface area contributed by atoms with Gasteiger partial charge in [0.25, 0.3) is 0 Å². The number of esters is 3. The van der Waals surface area contributed by atoms with Crippen LogP contribution in [-0.2, 0) is 28.6 Å². The maximum Gasteiger partial charge on any atom is 0.306 e. The van der Waals surface area contributed by atoms with Gasteiger partial charge >= 0.3 is 17.9 Å². The van der Waals surface area contributed by atoms with Crippen LogP contribution in [0.15, 0.2) is 0 Å². The highest BCUT2D eigenvalue weighted by atomic mass is 16.6. The maximum absolute atomic E-state index is 12.8. The number of ether oxygens (including phenoxy) is 3. The molecule has 0 aromatic rings. The van der Waals surface area contributed by atoms with Crippen molar-refractivity contribution in [3.8, 4) is 0 Å². The van der Waals surface area contributed by atoms with E-state index in [-0.39, 0.29) is 31.1 Å². The Balaban J connectivity index is 4.22. The molecule has 1 unspecified atom stereocenters. The lowest BCUT2D eigenvalue weighted by atomic mass is 9.99. The molecule has 0 radical (unpaired) electrons. The van der Waals surface area contributed by atoms with Crippen LogP contribution in [0.2, 0.25) is 0 Å². The van der Waals surface area contributed by atoms with Crippen LogP contribution in [0.3, 0.4) is 0 Å². The third kappa shape index (κ3) is 51.8. The van der Waals surface area contributed by atoms with Gasteiger partial charge in [-0.05, 0) is 31.1 Å². The summed E-state index contributed by atoms with van der Waals surface area (Å²) >= 11 is 0. The molecule has 0 N–H and O–H groups in total. The molecule has 0 spiro atoms. The third-order valence-corrected chi connectivity index (χ3v) is 14.1. The Kier molecular flexibility index (Phi) is 51.5. The molecule has 0 fully saturated rings. The zero-order valence-electron chi connectivity index (χ0n) is 45.3. The molecule has 0 aromatic heterocycles. The fourth-order valence-corrected chi connectivity index (χ4v) is 9.20. The summed E-state index contributed by atoms with van der Waals surface area (Å²) < 4.78 is 16.9. The minimum Gasteiger partial charge on any atom is -0.462 e. The van der Waals surface area contributed by atoms with Crippen molar-refractivity contribution in [2.75, 3.05) is 13.2 Å². The van der Waals surface area contributed by atoms with E-state index >= 15 is 0 Å². The molecule has 66 heavy (non-hydrogen) atoms. The van der Waals surface area contributed by atoms with Gasteiger partial charge in [-0.2, -0.15) is 0 Å². The fourth-order valence-electron chi connectivity index (χ4n) is 9.20. The molecule has 6 nitrogen and oxygen atoms in total. The lowest BCUT2D eigenvalue weighted by Crippen LogP contribution is -2.30. The van der Waals surface area contributed by atoms with Crippen LogP contribution in [-0.4, -0.2) is 37.2 Å². The van der Waals surface area contributed by atoms with Crippen LogP contribution < -0.4 is 0 Å². The van der Waals surface area contributed by atoms with Gasteiger partial charge in [0.05, 0.1) is 0 Å². The lowest BCUT2D eigenvalue weighted by Gasteiger charge is -2.18. The Labute approximate surface area is 412 Å². The Bertz CT molecular complexity index is 1010. The zero-order chi connectivity index (χ0) is 48.2. The highest BCUT2D eigenvalue weighted by Gasteiger charge is 2.19. The maximum atomic E-state index is 12.8. The number of hydrogen-bond acceptors (Lipinski definition) is 6. The minimum absolute atomic E-state index is 0.0626. The van der Waals surface area contributed by atoms with Crippen molar-refractivity contribution in [2.45, 2.75) is 343 Å². The van der Waals surface area contributed by atoms with E-state index in [1.54, 1.807) is 0 Å². The van der Waals surface area contributed by atoms with Crippen molar-refractivity contribution in [1.82, 2.24) is 0 Å². The molecule has 0 heterocycles. The first-order chi connectivity index (χ1) is 32.3. The number of hydrogen-bond donors (Lipinski definition) is 0. The van der Waals surface area contributed by atoms with Crippen LogP contribution in [0.5, 0.6) is 0 Å². The summed E-state index contributed by atoms with van der Waals surface area (Å²) in [6.07, 6.45) is 56.6. The molecule has 2 atom stereocenters. The van der Waals surface area contributed by atoms with Crippen LogP contribution in [0.4, 0.5) is 0 Å². The number of carbonyl (C=O) groups excluding carboxylic acids is 3. The number of unbranched alkanes of at least 4 members (excludes halogenated alkanes) is 38. The van der Waals surface area contributed by atoms with E-state index in [0.717, 1.165) is 69.6 Å². The first kappa shape index (κ1) is 64.4. The van der Waals surface area contributed by atoms with E-state index in [1.165, 1.54) is 225 Å². The molecule has 0 aliphatic rings. The molecule has 0 saturated carbocycles. The summed E-state index contributed by atoms with van der Waals surface area (Å²) in [6, 6.07) is 0. The number of carbonyl (C=O) groups is 3. The highest BCUT2D eigenvalue weighted by molar-refractivity contribution is 5.71. The SMILES string of the molecule is CCCCCCCCCCCCCCC(=O)OC[C@@H](COC(=O)CCCCCCCCCCCCCCCCCCCCC(C)CC)OC(=O)CCCCCCCCCCCCCC(C)C. The van der Waals surface area contributed by atoms with Crippen LogP contribution in [0.25, 0.3) is 0 Å². The molecule has 0 aliphatic carbocycles. The summed E-state index contributed by atoms with van der Waals surface area (Å²) in [4.78, 5) is 38.1. The summed E-state index contributed by atoms with van der Waals surface area (Å²) in [5.41, 5.74) is 0. The molecule has 0 rings (SSSR count). The molecular formula is C60H116O6. The summed E-state index contributed by atoms with van der Waals surface area (Å²) in [7, 11) is 0. The lowest BCUT2D eigenvalue weighted by molar-refractivity contribution is -0.167. The van der Waals surface area contributed by atoms with Crippen molar-refractivity contribution >= 4 is 17.9 Å². The Morgan fingerprint density at radius 3 is 0.864 bits per heavy atom. The first-order valence-corrected chi connectivity index (χ1v) is 29.8. The average molecular weight is 934 g/mol. The molecule has 6 heteroatoms. The van der Waals surface area contributed by atoms with Crippen molar-refractivity contribution in [3.63, 3.8) is 0 Å². The Morgan fingerprint density at radius 1 is 0.318 bits per heavy atom. The van der Waals surface area contributed by atoms with Crippen LogP contribution in [0.1, 0.15) is 336 Å². The topological polar surface area (TPSA) is 78.9 Å². The number of rotatable bonds is 54. The van der Waals surface area contributed by atoms with E-state index < -0.39 is 6.10 Å². The monoisotopic (exact) mass is 933 g/mol. The summed E-state index contributed by atoms with van der Waals surface area (Å²) in [5.74, 6) is 0.896. The van der Waals surface area contributed by atoms with E-state index in [1.807, 2.05) is 0 Å².